The molecule has 1 aromatic carbocycles. The molecule has 4 nitrogen and oxygen atoms in total. The smallest absolute Gasteiger partial charge is 0.252 e. The fourth-order valence-electron chi connectivity index (χ4n) is 2.13. The molecule has 0 spiro atoms. The predicted molar refractivity (Wildman–Crippen MR) is 77.4 cm³/mol. The van der Waals surface area contributed by atoms with E-state index in [0.29, 0.717) is 13.0 Å². The lowest BCUT2D eigenvalue weighted by molar-refractivity contribution is -0.128. The van der Waals surface area contributed by atoms with Gasteiger partial charge in [-0.15, -0.1) is 11.8 Å². The number of amides is 2. The van der Waals surface area contributed by atoms with E-state index in [-0.39, 0.29) is 11.8 Å². The number of nitrogens with zero attached hydrogens (tertiary/aromatic N) is 1. The average molecular weight is 278 g/mol. The minimum Gasteiger partial charge on any atom is -0.342 e. The normalized spacial score (nSPS) is 19.0. The van der Waals surface area contributed by atoms with E-state index in [1.54, 1.807) is 30.5 Å². The van der Waals surface area contributed by atoms with Gasteiger partial charge in [0, 0.05) is 23.5 Å². The Labute approximate surface area is 117 Å². The molecule has 5 heteroatoms. The summed E-state index contributed by atoms with van der Waals surface area (Å²) in [5.41, 5.74) is -0.0152. The molecular weight excluding hydrogens is 260 g/mol. The molecule has 1 saturated heterocycles. The van der Waals surface area contributed by atoms with Crippen LogP contribution in [0.3, 0.4) is 0 Å². The van der Waals surface area contributed by atoms with Crippen molar-refractivity contribution >= 4 is 29.3 Å². The summed E-state index contributed by atoms with van der Waals surface area (Å²) in [6.07, 6.45) is 2.34. The van der Waals surface area contributed by atoms with Crippen molar-refractivity contribution in [2.45, 2.75) is 30.7 Å². The molecule has 1 aliphatic rings. The maximum absolute atomic E-state index is 12.5. The van der Waals surface area contributed by atoms with E-state index in [4.69, 9.17) is 0 Å². The van der Waals surface area contributed by atoms with Gasteiger partial charge in [-0.1, -0.05) is 0 Å². The summed E-state index contributed by atoms with van der Waals surface area (Å²) in [7, 11) is 0. The van der Waals surface area contributed by atoms with Gasteiger partial charge in [-0.2, -0.15) is 0 Å². The second kappa shape index (κ2) is 5.25. The third-order valence-corrected chi connectivity index (χ3v) is 3.92. The molecule has 1 fully saturated rings. The Hall–Kier alpha value is -1.49. The van der Waals surface area contributed by atoms with E-state index in [1.807, 2.05) is 30.5 Å². The Morgan fingerprint density at radius 2 is 1.84 bits per heavy atom. The van der Waals surface area contributed by atoms with Gasteiger partial charge in [0.1, 0.15) is 5.54 Å². The predicted octanol–water partition coefficient (Wildman–Crippen LogP) is 2.04. The fourth-order valence-corrected chi connectivity index (χ4v) is 2.53. The molecule has 0 bridgehead atoms. The van der Waals surface area contributed by atoms with Crippen molar-refractivity contribution < 1.29 is 9.59 Å². The second-order valence-corrected chi connectivity index (χ2v) is 5.96. The molecule has 19 heavy (non-hydrogen) atoms. The summed E-state index contributed by atoms with van der Waals surface area (Å²) in [4.78, 5) is 26.9. The Morgan fingerprint density at radius 1 is 1.21 bits per heavy atom. The SMILES string of the molecule is CSc1ccc(N2CCC(=O)NC(C)(C)C2=O)cc1. The standard InChI is InChI=1S/C14H18N2O2S/c1-14(2)13(18)16(9-8-12(17)15-14)10-4-6-11(19-3)7-5-10/h4-7H,8-9H2,1-3H3,(H,15,17). The second-order valence-electron chi connectivity index (χ2n) is 5.08. The van der Waals surface area contributed by atoms with Crippen LogP contribution in [0.1, 0.15) is 20.3 Å². The molecule has 102 valence electrons. The summed E-state index contributed by atoms with van der Waals surface area (Å²) in [6, 6.07) is 7.83. The van der Waals surface area contributed by atoms with Crippen molar-refractivity contribution in [1.82, 2.24) is 5.32 Å². The van der Waals surface area contributed by atoms with Gasteiger partial charge in [-0.05, 0) is 44.4 Å². The minimum absolute atomic E-state index is 0.0738. The topological polar surface area (TPSA) is 49.4 Å². The minimum atomic E-state index is -0.855. The zero-order valence-corrected chi connectivity index (χ0v) is 12.2. The molecule has 1 aliphatic heterocycles. The Kier molecular flexibility index (Phi) is 3.85. The quantitative estimate of drug-likeness (QED) is 0.842. The highest BCUT2D eigenvalue weighted by molar-refractivity contribution is 7.98. The van der Waals surface area contributed by atoms with E-state index in [1.165, 1.54) is 0 Å². The van der Waals surface area contributed by atoms with E-state index in [0.717, 1.165) is 10.6 Å². The highest BCUT2D eigenvalue weighted by Gasteiger charge is 2.36. The Morgan fingerprint density at radius 3 is 2.42 bits per heavy atom. The maximum atomic E-state index is 12.5. The molecule has 1 aromatic rings. The number of carbonyl (C=O) groups is 2. The number of hydrogen-bond acceptors (Lipinski definition) is 3. The lowest BCUT2D eigenvalue weighted by atomic mass is 10.0. The van der Waals surface area contributed by atoms with Crippen LogP contribution in [-0.2, 0) is 9.59 Å². The van der Waals surface area contributed by atoms with Crippen molar-refractivity contribution in [2.75, 3.05) is 17.7 Å². The molecule has 1 heterocycles. The number of rotatable bonds is 2. The van der Waals surface area contributed by atoms with Crippen LogP contribution in [0.4, 0.5) is 5.69 Å². The van der Waals surface area contributed by atoms with Crippen LogP contribution in [0.2, 0.25) is 0 Å². The van der Waals surface area contributed by atoms with Gasteiger partial charge in [-0.25, -0.2) is 0 Å². The van der Waals surface area contributed by atoms with Gasteiger partial charge in [0.2, 0.25) is 5.91 Å². The average Bonchev–Trinajstić information content (AvgIpc) is 2.47. The molecule has 2 rings (SSSR count). The maximum Gasteiger partial charge on any atom is 0.252 e. The van der Waals surface area contributed by atoms with Gasteiger partial charge in [0.15, 0.2) is 0 Å². The molecule has 2 amide bonds. The number of nitrogens with one attached hydrogen (secondary N) is 1. The largest absolute Gasteiger partial charge is 0.342 e. The lowest BCUT2D eigenvalue weighted by Crippen LogP contribution is -2.53. The van der Waals surface area contributed by atoms with Crippen LogP contribution in [-0.4, -0.2) is 30.2 Å². The van der Waals surface area contributed by atoms with Gasteiger partial charge in [0.25, 0.3) is 5.91 Å². The van der Waals surface area contributed by atoms with Gasteiger partial charge in [0.05, 0.1) is 0 Å². The molecular formula is C14H18N2O2S. The first-order valence-corrected chi connectivity index (χ1v) is 7.43. The Bertz CT molecular complexity index is 497. The summed E-state index contributed by atoms with van der Waals surface area (Å²) in [5.74, 6) is -0.156. The molecule has 0 unspecified atom stereocenters. The first-order valence-electron chi connectivity index (χ1n) is 6.21. The number of hydrogen-bond donors (Lipinski definition) is 1. The molecule has 0 atom stereocenters. The van der Waals surface area contributed by atoms with Crippen molar-refractivity contribution in [1.29, 1.82) is 0 Å². The van der Waals surface area contributed by atoms with Gasteiger partial charge in [-0.3, -0.25) is 9.59 Å². The number of anilines is 1. The number of carbonyl (C=O) groups excluding carboxylic acids is 2. The third kappa shape index (κ3) is 2.92. The van der Waals surface area contributed by atoms with Crippen LogP contribution >= 0.6 is 11.8 Å². The van der Waals surface area contributed by atoms with Gasteiger partial charge >= 0.3 is 0 Å². The van der Waals surface area contributed by atoms with Crippen molar-refractivity contribution in [3.05, 3.63) is 24.3 Å². The molecule has 1 N–H and O–H groups in total. The first kappa shape index (κ1) is 13.9. The van der Waals surface area contributed by atoms with Crippen molar-refractivity contribution in [3.63, 3.8) is 0 Å². The van der Waals surface area contributed by atoms with Crippen molar-refractivity contribution in [3.8, 4) is 0 Å². The zero-order chi connectivity index (χ0) is 14.0. The number of thioether (sulfide) groups is 1. The summed E-state index contributed by atoms with van der Waals surface area (Å²) in [6.45, 7) is 3.90. The first-order chi connectivity index (χ1) is 8.94. The van der Waals surface area contributed by atoms with E-state index >= 15 is 0 Å². The highest BCUT2D eigenvalue weighted by atomic mass is 32.2. The lowest BCUT2D eigenvalue weighted by Gasteiger charge is -2.28. The van der Waals surface area contributed by atoms with Crippen LogP contribution in [0, 0.1) is 0 Å². The fraction of sp³-hybridized carbons (Fsp3) is 0.429. The third-order valence-electron chi connectivity index (χ3n) is 3.18. The van der Waals surface area contributed by atoms with E-state index < -0.39 is 5.54 Å². The molecule has 0 radical (unpaired) electrons. The summed E-state index contributed by atoms with van der Waals surface area (Å²) < 4.78 is 0. The monoisotopic (exact) mass is 278 g/mol. The molecule has 0 aliphatic carbocycles. The zero-order valence-electron chi connectivity index (χ0n) is 11.4. The van der Waals surface area contributed by atoms with Gasteiger partial charge < -0.3 is 10.2 Å². The summed E-state index contributed by atoms with van der Waals surface area (Å²) >= 11 is 1.66. The van der Waals surface area contributed by atoms with Crippen LogP contribution < -0.4 is 10.2 Å². The van der Waals surface area contributed by atoms with E-state index in [2.05, 4.69) is 5.32 Å². The van der Waals surface area contributed by atoms with Crippen LogP contribution in [0.15, 0.2) is 29.2 Å². The van der Waals surface area contributed by atoms with E-state index in [9.17, 15) is 9.59 Å². The van der Waals surface area contributed by atoms with Crippen LogP contribution in [0.5, 0.6) is 0 Å². The molecule has 0 aromatic heterocycles. The molecule has 0 saturated carbocycles. The Balaban J connectivity index is 2.31. The highest BCUT2D eigenvalue weighted by Crippen LogP contribution is 2.24. The summed E-state index contributed by atoms with van der Waals surface area (Å²) in [5, 5.41) is 2.76. The number of benzene rings is 1. The van der Waals surface area contributed by atoms with Crippen molar-refractivity contribution in [2.24, 2.45) is 0 Å². The van der Waals surface area contributed by atoms with Crippen LogP contribution in [0.25, 0.3) is 0 Å².